The van der Waals surface area contributed by atoms with Gasteiger partial charge in [0.1, 0.15) is 0 Å². The molecule has 59 heavy (non-hydrogen) atoms. The number of nitrogens with zero attached hydrogens (tertiary/aromatic N) is 1. The van der Waals surface area contributed by atoms with Crippen molar-refractivity contribution in [2.45, 2.75) is 12.4 Å². The summed E-state index contributed by atoms with van der Waals surface area (Å²) in [6.45, 7) is 0. The molecule has 0 radical (unpaired) electrons. The van der Waals surface area contributed by atoms with Gasteiger partial charge in [0.15, 0.2) is 0 Å². The number of halogens is 6. The first-order valence-electron chi connectivity index (χ1n) is 19.1. The van der Waals surface area contributed by atoms with E-state index >= 15 is 0 Å². The van der Waals surface area contributed by atoms with Gasteiger partial charge in [0, 0.05) is 16.5 Å². The highest BCUT2D eigenvalue weighted by Gasteiger charge is 2.31. The number of hydrogen-bond acceptors (Lipinski definition) is 0. The zero-order chi connectivity index (χ0) is 40.5. The predicted molar refractivity (Wildman–Crippen MR) is 228 cm³/mol. The van der Waals surface area contributed by atoms with E-state index in [1.54, 1.807) is 0 Å². The first-order chi connectivity index (χ1) is 28.5. The molecule has 0 aliphatic carbocycles. The van der Waals surface area contributed by atoms with Gasteiger partial charge >= 0.3 is 12.4 Å². The predicted octanol–water partition coefficient (Wildman–Crippen LogP) is 15.8. The van der Waals surface area contributed by atoms with E-state index < -0.39 is 23.5 Å². The molecule has 0 aliphatic rings. The quantitative estimate of drug-likeness (QED) is 0.121. The third-order valence-corrected chi connectivity index (χ3v) is 11.2. The third-order valence-electron chi connectivity index (χ3n) is 11.2. The summed E-state index contributed by atoms with van der Waals surface area (Å²) in [6.07, 6.45) is -8.92. The summed E-state index contributed by atoms with van der Waals surface area (Å²) in [5, 5.41) is 6.10. The second-order valence-corrected chi connectivity index (χ2v) is 14.7. The molecule has 0 aliphatic heterocycles. The van der Waals surface area contributed by atoms with Gasteiger partial charge in [-0.1, -0.05) is 127 Å². The second kappa shape index (κ2) is 13.8. The van der Waals surface area contributed by atoms with Gasteiger partial charge in [-0.25, -0.2) is 0 Å². The Balaban J connectivity index is 1.24. The molecule has 10 rings (SSSR count). The number of alkyl halides is 6. The van der Waals surface area contributed by atoms with Crippen LogP contribution < -0.4 is 0 Å². The fourth-order valence-corrected chi connectivity index (χ4v) is 8.50. The topological polar surface area (TPSA) is 4.93 Å². The monoisotopic (exact) mass is 783 g/mol. The largest absolute Gasteiger partial charge is 0.416 e. The van der Waals surface area contributed by atoms with Crippen LogP contribution in [0.4, 0.5) is 26.3 Å². The minimum atomic E-state index is -4.46. The van der Waals surface area contributed by atoms with E-state index in [1.165, 1.54) is 24.3 Å². The van der Waals surface area contributed by atoms with Crippen LogP contribution in [0.5, 0.6) is 0 Å². The first kappa shape index (κ1) is 36.2. The molecule has 7 heteroatoms. The Kier molecular flexibility index (Phi) is 8.46. The lowest BCUT2D eigenvalue weighted by atomic mass is 9.86. The molecule has 10 aromatic rings. The zero-order valence-corrected chi connectivity index (χ0v) is 31.1. The summed E-state index contributed by atoms with van der Waals surface area (Å²) in [4.78, 5) is 0. The summed E-state index contributed by atoms with van der Waals surface area (Å²) in [6, 6.07) is 57.7. The highest BCUT2D eigenvalue weighted by Crippen LogP contribution is 2.46. The van der Waals surface area contributed by atoms with Crippen molar-refractivity contribution in [2.24, 2.45) is 0 Å². The average Bonchev–Trinajstić information content (AvgIpc) is 3.58. The van der Waals surface area contributed by atoms with E-state index in [2.05, 4.69) is 71.3 Å². The Morgan fingerprint density at radius 3 is 1.12 bits per heavy atom. The number of benzene rings is 9. The van der Waals surface area contributed by atoms with Crippen molar-refractivity contribution in [2.75, 3.05) is 0 Å². The van der Waals surface area contributed by atoms with Crippen LogP contribution in [-0.2, 0) is 12.4 Å². The minimum Gasteiger partial charge on any atom is -0.309 e. The van der Waals surface area contributed by atoms with Crippen LogP contribution in [0.2, 0.25) is 0 Å². The molecule has 1 aromatic heterocycles. The van der Waals surface area contributed by atoms with Crippen LogP contribution in [-0.4, -0.2) is 4.57 Å². The minimum absolute atomic E-state index is 0.623. The molecule has 0 amide bonds. The van der Waals surface area contributed by atoms with Crippen LogP contribution >= 0.6 is 0 Å². The van der Waals surface area contributed by atoms with Crippen LogP contribution in [0.15, 0.2) is 188 Å². The van der Waals surface area contributed by atoms with E-state index in [4.69, 9.17) is 0 Å². The van der Waals surface area contributed by atoms with Crippen molar-refractivity contribution in [3.05, 3.63) is 199 Å². The second-order valence-electron chi connectivity index (χ2n) is 14.7. The summed E-state index contributed by atoms with van der Waals surface area (Å²) in [7, 11) is 0. The van der Waals surface area contributed by atoms with Crippen LogP contribution in [0, 0.1) is 0 Å². The standard InChI is InChI=1S/C52H31F6N/c53-51(54,55)38-21-15-32(16-22-38)36-19-27-47-44(29-36)45-30-37(33-17-23-39(24-18-33)52(56,57)58)20-28-48(45)59(47)40-25-26-43-46(31-40)50(35-11-5-2-6-12-35)42-14-8-7-13-41(42)49(43)34-9-3-1-4-10-34/h1-31H. The van der Waals surface area contributed by atoms with Gasteiger partial charge in [0.05, 0.1) is 22.2 Å². The molecule has 0 unspecified atom stereocenters. The average molecular weight is 784 g/mol. The van der Waals surface area contributed by atoms with Gasteiger partial charge in [-0.05, 0) is 127 Å². The lowest BCUT2D eigenvalue weighted by Gasteiger charge is -2.19. The molecule has 9 aromatic carbocycles. The third kappa shape index (κ3) is 6.30. The van der Waals surface area contributed by atoms with Gasteiger partial charge in [0.2, 0.25) is 0 Å². The summed E-state index contributed by atoms with van der Waals surface area (Å²) >= 11 is 0. The van der Waals surface area contributed by atoms with Crippen LogP contribution in [0.25, 0.3) is 93.5 Å². The Labute approximate surface area is 335 Å². The Morgan fingerprint density at radius 1 is 0.288 bits per heavy atom. The fraction of sp³-hybridized carbons (Fsp3) is 0.0385. The zero-order valence-electron chi connectivity index (χ0n) is 31.1. The van der Waals surface area contributed by atoms with Gasteiger partial charge < -0.3 is 4.57 Å². The van der Waals surface area contributed by atoms with E-state index in [1.807, 2.05) is 72.8 Å². The number of rotatable bonds is 5. The highest BCUT2D eigenvalue weighted by molar-refractivity contribution is 6.22. The molecular formula is C52H31F6N. The summed E-state index contributed by atoms with van der Waals surface area (Å²) < 4.78 is 83.0. The Bertz CT molecular complexity index is 3080. The molecule has 0 fully saturated rings. The number of hydrogen-bond donors (Lipinski definition) is 0. The van der Waals surface area contributed by atoms with Crippen LogP contribution in [0.3, 0.4) is 0 Å². The fourth-order valence-electron chi connectivity index (χ4n) is 8.50. The molecule has 0 atom stereocenters. The first-order valence-corrected chi connectivity index (χ1v) is 19.1. The molecule has 1 nitrogen and oxygen atoms in total. The van der Waals surface area contributed by atoms with Gasteiger partial charge in [-0.3, -0.25) is 0 Å². The summed E-state index contributed by atoms with van der Waals surface area (Å²) in [5.41, 5.74) is 8.30. The van der Waals surface area contributed by atoms with Crippen molar-refractivity contribution in [3.8, 4) is 50.2 Å². The van der Waals surface area contributed by atoms with Crippen molar-refractivity contribution in [3.63, 3.8) is 0 Å². The molecule has 0 N–H and O–H groups in total. The summed E-state index contributed by atoms with van der Waals surface area (Å²) in [5.74, 6) is 0. The highest BCUT2D eigenvalue weighted by atomic mass is 19.4. The lowest BCUT2D eigenvalue weighted by molar-refractivity contribution is -0.138. The maximum Gasteiger partial charge on any atom is 0.416 e. The van der Waals surface area contributed by atoms with Crippen molar-refractivity contribution < 1.29 is 26.3 Å². The number of fused-ring (bicyclic) bond motifs is 5. The molecule has 0 saturated carbocycles. The van der Waals surface area contributed by atoms with Crippen molar-refractivity contribution >= 4 is 43.4 Å². The van der Waals surface area contributed by atoms with Gasteiger partial charge in [-0.2, -0.15) is 26.3 Å². The lowest BCUT2D eigenvalue weighted by Crippen LogP contribution is -2.03. The van der Waals surface area contributed by atoms with Gasteiger partial charge in [0.25, 0.3) is 0 Å². The Morgan fingerprint density at radius 2 is 0.678 bits per heavy atom. The van der Waals surface area contributed by atoms with Crippen molar-refractivity contribution in [1.29, 1.82) is 0 Å². The number of aromatic nitrogens is 1. The maximum atomic E-state index is 13.5. The molecule has 0 saturated heterocycles. The van der Waals surface area contributed by atoms with E-state index in [0.29, 0.717) is 11.1 Å². The van der Waals surface area contributed by atoms with Crippen molar-refractivity contribution in [1.82, 2.24) is 4.57 Å². The molecule has 1 heterocycles. The van der Waals surface area contributed by atoms with E-state index in [-0.39, 0.29) is 0 Å². The normalized spacial score (nSPS) is 12.2. The molecular weight excluding hydrogens is 753 g/mol. The molecule has 0 bridgehead atoms. The van der Waals surface area contributed by atoms with Gasteiger partial charge in [-0.15, -0.1) is 0 Å². The Hall–Kier alpha value is -7.12. The molecule has 286 valence electrons. The SMILES string of the molecule is FC(F)(F)c1ccc(-c2ccc3c(c2)c2cc(-c4ccc(C(F)(F)F)cc4)ccc2n3-c2ccc3c(-c4ccccc4)c4ccccc4c(-c4ccccc4)c3c2)cc1. The smallest absolute Gasteiger partial charge is 0.309 e. The van der Waals surface area contributed by atoms with Crippen LogP contribution in [0.1, 0.15) is 11.1 Å². The van der Waals surface area contributed by atoms with E-state index in [9.17, 15) is 26.3 Å². The molecule has 0 spiro atoms. The van der Waals surface area contributed by atoms with E-state index in [0.717, 1.165) is 107 Å². The maximum absolute atomic E-state index is 13.5.